The average Bonchev–Trinajstić information content (AvgIpc) is 3.19. The molecule has 28 heavy (non-hydrogen) atoms. The summed E-state index contributed by atoms with van der Waals surface area (Å²) in [5.41, 5.74) is 4.78. The van der Waals surface area contributed by atoms with Gasteiger partial charge in [0.2, 0.25) is 5.91 Å². The molecule has 0 bridgehead atoms. The fraction of sp³-hybridized carbons (Fsp3) is 0.120. The fourth-order valence-corrected chi connectivity index (χ4v) is 3.41. The molecule has 1 heterocycles. The Labute approximate surface area is 164 Å². The second-order valence-electron chi connectivity index (χ2n) is 6.88. The van der Waals surface area contributed by atoms with E-state index in [-0.39, 0.29) is 11.7 Å². The standard InChI is InChI=1S/C25H21NO2/c27-24(22-13-15-23(16-14-22)26-18-4-7-25(26)28)17-10-19-8-11-21(12-9-19)20-5-2-1-3-6-20/h1-3,5-6,8-17H,4,7,18H2/b17-10+. The van der Waals surface area contributed by atoms with Crippen molar-refractivity contribution in [2.45, 2.75) is 12.8 Å². The van der Waals surface area contributed by atoms with Gasteiger partial charge in [-0.15, -0.1) is 0 Å². The number of allylic oxidation sites excluding steroid dienone is 1. The zero-order valence-electron chi connectivity index (χ0n) is 15.5. The van der Waals surface area contributed by atoms with Crippen LogP contribution in [0.3, 0.4) is 0 Å². The van der Waals surface area contributed by atoms with Crippen molar-refractivity contribution in [1.82, 2.24) is 0 Å². The summed E-state index contributed by atoms with van der Waals surface area (Å²) in [6.45, 7) is 0.755. The van der Waals surface area contributed by atoms with Crippen LogP contribution in [-0.4, -0.2) is 18.2 Å². The smallest absolute Gasteiger partial charge is 0.227 e. The van der Waals surface area contributed by atoms with Crippen LogP contribution in [-0.2, 0) is 4.79 Å². The van der Waals surface area contributed by atoms with E-state index in [0.29, 0.717) is 12.0 Å². The third kappa shape index (κ3) is 3.94. The third-order valence-corrected chi connectivity index (χ3v) is 4.98. The Balaban J connectivity index is 1.43. The number of anilines is 1. The maximum Gasteiger partial charge on any atom is 0.227 e. The molecule has 0 unspecified atom stereocenters. The van der Waals surface area contributed by atoms with Crippen LogP contribution in [0.2, 0.25) is 0 Å². The van der Waals surface area contributed by atoms with E-state index in [9.17, 15) is 9.59 Å². The molecule has 4 rings (SSSR count). The van der Waals surface area contributed by atoms with E-state index in [0.717, 1.165) is 29.8 Å². The number of benzene rings is 3. The van der Waals surface area contributed by atoms with Crippen molar-refractivity contribution >= 4 is 23.5 Å². The van der Waals surface area contributed by atoms with Crippen molar-refractivity contribution in [2.24, 2.45) is 0 Å². The fourth-order valence-electron chi connectivity index (χ4n) is 3.41. The number of rotatable bonds is 5. The van der Waals surface area contributed by atoms with Gasteiger partial charge in [-0.25, -0.2) is 0 Å². The summed E-state index contributed by atoms with van der Waals surface area (Å²) in [6, 6.07) is 25.6. The number of carbonyl (C=O) groups is 2. The molecular formula is C25H21NO2. The first-order valence-electron chi connectivity index (χ1n) is 9.49. The highest BCUT2D eigenvalue weighted by atomic mass is 16.2. The molecule has 3 heteroatoms. The predicted octanol–water partition coefficient (Wildman–Crippen LogP) is 5.38. The number of nitrogens with zero attached hydrogens (tertiary/aromatic N) is 1. The quantitative estimate of drug-likeness (QED) is 0.449. The van der Waals surface area contributed by atoms with Gasteiger partial charge < -0.3 is 4.90 Å². The molecule has 1 fully saturated rings. The van der Waals surface area contributed by atoms with Crippen molar-refractivity contribution in [2.75, 3.05) is 11.4 Å². The molecule has 0 radical (unpaired) electrons. The highest BCUT2D eigenvalue weighted by Crippen LogP contribution is 2.22. The Morgan fingerprint density at radius 3 is 2.14 bits per heavy atom. The first kappa shape index (κ1) is 17.9. The monoisotopic (exact) mass is 367 g/mol. The molecule has 138 valence electrons. The summed E-state index contributed by atoms with van der Waals surface area (Å²) >= 11 is 0. The van der Waals surface area contributed by atoms with E-state index < -0.39 is 0 Å². The van der Waals surface area contributed by atoms with E-state index in [2.05, 4.69) is 24.3 Å². The minimum atomic E-state index is -0.0496. The lowest BCUT2D eigenvalue weighted by Gasteiger charge is -2.15. The molecule has 3 aromatic carbocycles. The number of hydrogen-bond donors (Lipinski definition) is 0. The normalized spacial score (nSPS) is 14.0. The Morgan fingerprint density at radius 1 is 0.821 bits per heavy atom. The van der Waals surface area contributed by atoms with Gasteiger partial charge in [0, 0.05) is 24.2 Å². The SMILES string of the molecule is O=C(/C=C/c1ccc(-c2ccccc2)cc1)c1ccc(N2CCCC2=O)cc1. The van der Waals surface area contributed by atoms with E-state index in [1.54, 1.807) is 23.1 Å². The van der Waals surface area contributed by atoms with Gasteiger partial charge in [0.1, 0.15) is 0 Å². The zero-order chi connectivity index (χ0) is 19.3. The van der Waals surface area contributed by atoms with Gasteiger partial charge in [-0.2, -0.15) is 0 Å². The second kappa shape index (κ2) is 8.05. The lowest BCUT2D eigenvalue weighted by Crippen LogP contribution is -2.23. The Hall–Kier alpha value is -3.46. The molecule has 3 aromatic rings. The van der Waals surface area contributed by atoms with Gasteiger partial charge in [0.15, 0.2) is 5.78 Å². The van der Waals surface area contributed by atoms with Crippen LogP contribution in [0.5, 0.6) is 0 Å². The van der Waals surface area contributed by atoms with Gasteiger partial charge in [0.05, 0.1) is 0 Å². The lowest BCUT2D eigenvalue weighted by atomic mass is 10.0. The van der Waals surface area contributed by atoms with Gasteiger partial charge in [-0.3, -0.25) is 9.59 Å². The summed E-state index contributed by atoms with van der Waals surface area (Å²) in [6.07, 6.45) is 4.92. The molecule has 1 saturated heterocycles. The minimum Gasteiger partial charge on any atom is -0.312 e. The Bertz CT molecular complexity index is 1000. The molecule has 0 N–H and O–H groups in total. The highest BCUT2D eigenvalue weighted by molar-refractivity contribution is 6.07. The molecule has 1 aliphatic rings. The average molecular weight is 367 g/mol. The van der Waals surface area contributed by atoms with Crippen molar-refractivity contribution < 1.29 is 9.59 Å². The van der Waals surface area contributed by atoms with Crippen LogP contribution >= 0.6 is 0 Å². The summed E-state index contributed by atoms with van der Waals surface area (Å²) in [5, 5.41) is 0. The molecule has 0 aromatic heterocycles. The first-order valence-corrected chi connectivity index (χ1v) is 9.49. The molecule has 0 saturated carbocycles. The maximum absolute atomic E-state index is 12.4. The first-order chi connectivity index (χ1) is 13.7. The van der Waals surface area contributed by atoms with E-state index >= 15 is 0 Å². The molecule has 0 spiro atoms. The summed E-state index contributed by atoms with van der Waals surface area (Å²) in [5.74, 6) is 0.101. The number of amides is 1. The van der Waals surface area contributed by atoms with Gasteiger partial charge in [-0.1, -0.05) is 60.7 Å². The Kier molecular flexibility index (Phi) is 5.16. The van der Waals surface area contributed by atoms with E-state index in [4.69, 9.17) is 0 Å². The molecule has 1 aliphatic heterocycles. The van der Waals surface area contributed by atoms with Crippen LogP contribution in [0.4, 0.5) is 5.69 Å². The molecular weight excluding hydrogens is 346 g/mol. The lowest BCUT2D eigenvalue weighted by molar-refractivity contribution is -0.117. The van der Waals surface area contributed by atoms with Gasteiger partial charge in [-0.05, 0) is 53.5 Å². The predicted molar refractivity (Wildman–Crippen MR) is 113 cm³/mol. The van der Waals surface area contributed by atoms with Gasteiger partial charge >= 0.3 is 0 Å². The molecule has 1 amide bonds. The number of hydrogen-bond acceptors (Lipinski definition) is 2. The number of carbonyl (C=O) groups excluding carboxylic acids is 2. The molecule has 0 aliphatic carbocycles. The summed E-state index contributed by atoms with van der Waals surface area (Å²) < 4.78 is 0. The van der Waals surface area contributed by atoms with Crippen LogP contribution in [0.1, 0.15) is 28.8 Å². The van der Waals surface area contributed by atoms with E-state index in [1.165, 1.54) is 5.56 Å². The summed E-state index contributed by atoms with van der Waals surface area (Å²) in [7, 11) is 0. The van der Waals surface area contributed by atoms with Crippen molar-refractivity contribution in [3.63, 3.8) is 0 Å². The summed E-state index contributed by atoms with van der Waals surface area (Å²) in [4.78, 5) is 26.0. The van der Waals surface area contributed by atoms with Crippen molar-refractivity contribution in [1.29, 1.82) is 0 Å². The van der Waals surface area contributed by atoms with E-state index in [1.807, 2.05) is 48.5 Å². The maximum atomic E-state index is 12.4. The Morgan fingerprint density at radius 2 is 1.50 bits per heavy atom. The molecule has 0 atom stereocenters. The largest absolute Gasteiger partial charge is 0.312 e. The van der Waals surface area contributed by atoms with Crippen molar-refractivity contribution in [3.05, 3.63) is 96.1 Å². The number of ketones is 1. The van der Waals surface area contributed by atoms with Crippen LogP contribution < -0.4 is 4.90 Å². The zero-order valence-corrected chi connectivity index (χ0v) is 15.5. The van der Waals surface area contributed by atoms with Crippen molar-refractivity contribution in [3.8, 4) is 11.1 Å². The topological polar surface area (TPSA) is 37.4 Å². The molecule has 3 nitrogen and oxygen atoms in total. The van der Waals surface area contributed by atoms with Crippen LogP contribution in [0.25, 0.3) is 17.2 Å². The highest BCUT2D eigenvalue weighted by Gasteiger charge is 2.21. The van der Waals surface area contributed by atoms with Crippen LogP contribution in [0, 0.1) is 0 Å². The third-order valence-electron chi connectivity index (χ3n) is 4.98. The van der Waals surface area contributed by atoms with Gasteiger partial charge in [0.25, 0.3) is 0 Å². The minimum absolute atomic E-state index is 0.0496. The second-order valence-corrected chi connectivity index (χ2v) is 6.88. The van der Waals surface area contributed by atoms with Crippen LogP contribution in [0.15, 0.2) is 84.9 Å².